The fraction of sp³-hybridized carbons (Fsp3) is 0.429. The molecule has 1 aliphatic heterocycles. The van der Waals surface area contributed by atoms with E-state index in [4.69, 9.17) is 8.83 Å². The van der Waals surface area contributed by atoms with E-state index in [1.165, 1.54) is 12.7 Å². The Hall–Kier alpha value is -2.08. The van der Waals surface area contributed by atoms with Crippen LogP contribution in [0, 0.1) is 6.92 Å². The van der Waals surface area contributed by atoms with Crippen LogP contribution in [0.2, 0.25) is 0 Å². The molecule has 2 aromatic heterocycles. The highest BCUT2D eigenvalue weighted by Crippen LogP contribution is 2.13. The lowest BCUT2D eigenvalue weighted by molar-refractivity contribution is 0.0596. The number of rotatable bonds is 3. The summed E-state index contributed by atoms with van der Waals surface area (Å²) in [7, 11) is 0. The number of hydrogen-bond acceptors (Lipinski definition) is 5. The summed E-state index contributed by atoms with van der Waals surface area (Å²) in [5.74, 6) is 1.23. The third-order valence-electron chi connectivity index (χ3n) is 3.61. The standard InChI is InChI=1S/C14H17N3O3/c1-11-12(15-10-20-11)9-16-4-6-17(7-5-16)14(18)13-3-2-8-19-13/h2-3,8,10H,4-7,9H2,1H3. The van der Waals surface area contributed by atoms with Crippen molar-refractivity contribution in [1.29, 1.82) is 0 Å². The third kappa shape index (κ3) is 2.60. The molecule has 0 saturated carbocycles. The largest absolute Gasteiger partial charge is 0.459 e. The summed E-state index contributed by atoms with van der Waals surface area (Å²) in [4.78, 5) is 20.4. The normalized spacial score (nSPS) is 16.6. The number of nitrogens with zero attached hydrogens (tertiary/aromatic N) is 3. The van der Waals surface area contributed by atoms with Gasteiger partial charge in [0.15, 0.2) is 12.2 Å². The molecule has 3 rings (SSSR count). The summed E-state index contributed by atoms with van der Waals surface area (Å²) in [6.45, 7) is 5.76. The summed E-state index contributed by atoms with van der Waals surface area (Å²) in [6.07, 6.45) is 3.00. The predicted molar refractivity (Wildman–Crippen MR) is 71.1 cm³/mol. The SMILES string of the molecule is Cc1ocnc1CN1CCN(C(=O)c2ccco2)CC1. The van der Waals surface area contributed by atoms with Crippen molar-refractivity contribution in [2.24, 2.45) is 0 Å². The lowest BCUT2D eigenvalue weighted by Crippen LogP contribution is -2.48. The van der Waals surface area contributed by atoms with E-state index in [1.807, 2.05) is 11.8 Å². The van der Waals surface area contributed by atoms with E-state index in [-0.39, 0.29) is 5.91 Å². The van der Waals surface area contributed by atoms with E-state index in [0.717, 1.165) is 31.1 Å². The van der Waals surface area contributed by atoms with Gasteiger partial charge >= 0.3 is 0 Å². The molecule has 0 bridgehead atoms. The maximum Gasteiger partial charge on any atom is 0.289 e. The molecule has 0 aromatic carbocycles. The Kier molecular flexibility index (Phi) is 3.56. The molecule has 3 heterocycles. The van der Waals surface area contributed by atoms with Crippen molar-refractivity contribution >= 4 is 5.91 Å². The van der Waals surface area contributed by atoms with E-state index in [2.05, 4.69) is 9.88 Å². The molecule has 1 fully saturated rings. The number of aromatic nitrogens is 1. The molecular formula is C14H17N3O3. The van der Waals surface area contributed by atoms with Gasteiger partial charge < -0.3 is 13.7 Å². The first-order chi connectivity index (χ1) is 9.74. The first kappa shape index (κ1) is 12.9. The van der Waals surface area contributed by atoms with Gasteiger partial charge in [0.2, 0.25) is 0 Å². The fourth-order valence-electron chi connectivity index (χ4n) is 2.36. The highest BCUT2D eigenvalue weighted by Gasteiger charge is 2.24. The van der Waals surface area contributed by atoms with Gasteiger partial charge in [0.1, 0.15) is 5.76 Å². The lowest BCUT2D eigenvalue weighted by Gasteiger charge is -2.33. The van der Waals surface area contributed by atoms with E-state index in [1.54, 1.807) is 12.1 Å². The molecular weight excluding hydrogens is 258 g/mol. The molecule has 0 unspecified atom stereocenters. The van der Waals surface area contributed by atoms with E-state index < -0.39 is 0 Å². The number of carbonyl (C=O) groups excluding carboxylic acids is 1. The summed E-state index contributed by atoms with van der Waals surface area (Å²) in [6, 6.07) is 3.43. The summed E-state index contributed by atoms with van der Waals surface area (Å²) >= 11 is 0. The van der Waals surface area contributed by atoms with Crippen LogP contribution in [0.15, 0.2) is 33.6 Å². The molecule has 1 saturated heterocycles. The first-order valence-corrected chi connectivity index (χ1v) is 6.68. The van der Waals surface area contributed by atoms with Crippen LogP contribution in [0.25, 0.3) is 0 Å². The molecule has 0 spiro atoms. The first-order valence-electron chi connectivity index (χ1n) is 6.68. The average Bonchev–Trinajstić information content (AvgIpc) is 3.12. The minimum Gasteiger partial charge on any atom is -0.459 e. The number of carbonyl (C=O) groups is 1. The molecule has 2 aromatic rings. The number of hydrogen-bond donors (Lipinski definition) is 0. The van der Waals surface area contributed by atoms with E-state index >= 15 is 0 Å². The fourth-order valence-corrected chi connectivity index (χ4v) is 2.36. The van der Waals surface area contributed by atoms with Crippen LogP contribution in [0.5, 0.6) is 0 Å². The van der Waals surface area contributed by atoms with Gasteiger partial charge in [0.25, 0.3) is 5.91 Å². The quantitative estimate of drug-likeness (QED) is 0.850. The van der Waals surface area contributed by atoms with Gasteiger partial charge in [-0.1, -0.05) is 0 Å². The Morgan fingerprint density at radius 2 is 2.10 bits per heavy atom. The molecule has 0 radical (unpaired) electrons. The summed E-state index contributed by atoms with van der Waals surface area (Å²) in [5, 5.41) is 0. The van der Waals surface area contributed by atoms with Crippen molar-refractivity contribution in [3.05, 3.63) is 42.0 Å². The second kappa shape index (κ2) is 5.50. The minimum absolute atomic E-state index is 0.0349. The lowest BCUT2D eigenvalue weighted by atomic mass is 10.2. The van der Waals surface area contributed by atoms with Crippen LogP contribution < -0.4 is 0 Å². The van der Waals surface area contributed by atoms with Crippen molar-refractivity contribution in [3.63, 3.8) is 0 Å². The Labute approximate surface area is 117 Å². The average molecular weight is 275 g/mol. The number of furan rings is 1. The van der Waals surface area contributed by atoms with Gasteiger partial charge in [-0.15, -0.1) is 0 Å². The zero-order valence-electron chi connectivity index (χ0n) is 11.4. The third-order valence-corrected chi connectivity index (χ3v) is 3.61. The van der Waals surface area contributed by atoms with Crippen LogP contribution >= 0.6 is 0 Å². The Morgan fingerprint density at radius 1 is 1.30 bits per heavy atom. The van der Waals surface area contributed by atoms with Crippen molar-refractivity contribution in [1.82, 2.24) is 14.8 Å². The second-order valence-corrected chi connectivity index (χ2v) is 4.90. The maximum absolute atomic E-state index is 12.1. The van der Waals surface area contributed by atoms with Gasteiger partial charge in [-0.3, -0.25) is 9.69 Å². The van der Waals surface area contributed by atoms with Crippen LogP contribution in [-0.2, 0) is 6.54 Å². The Morgan fingerprint density at radius 3 is 2.70 bits per heavy atom. The molecule has 0 aliphatic carbocycles. The highest BCUT2D eigenvalue weighted by molar-refractivity contribution is 5.91. The Balaban J connectivity index is 1.55. The van der Waals surface area contributed by atoms with Crippen LogP contribution in [-0.4, -0.2) is 46.9 Å². The summed E-state index contributed by atoms with van der Waals surface area (Å²) in [5.41, 5.74) is 0.968. The molecule has 20 heavy (non-hydrogen) atoms. The molecule has 6 nitrogen and oxygen atoms in total. The molecule has 0 N–H and O–H groups in total. The number of piperazine rings is 1. The van der Waals surface area contributed by atoms with E-state index in [9.17, 15) is 4.79 Å². The number of aryl methyl sites for hydroxylation is 1. The predicted octanol–water partition coefficient (Wildman–Crippen LogP) is 1.53. The molecule has 6 heteroatoms. The maximum atomic E-state index is 12.1. The molecule has 1 amide bonds. The van der Waals surface area contributed by atoms with Crippen LogP contribution in [0.4, 0.5) is 0 Å². The van der Waals surface area contributed by atoms with Crippen LogP contribution in [0.3, 0.4) is 0 Å². The van der Waals surface area contributed by atoms with Gasteiger partial charge in [-0.25, -0.2) is 4.98 Å². The van der Waals surface area contributed by atoms with Gasteiger partial charge in [-0.2, -0.15) is 0 Å². The Bertz CT molecular complexity index is 568. The zero-order valence-corrected chi connectivity index (χ0v) is 11.4. The second-order valence-electron chi connectivity index (χ2n) is 4.90. The van der Waals surface area contributed by atoms with Crippen molar-refractivity contribution < 1.29 is 13.6 Å². The van der Waals surface area contributed by atoms with Gasteiger partial charge in [0, 0.05) is 32.7 Å². The van der Waals surface area contributed by atoms with Crippen LogP contribution in [0.1, 0.15) is 22.0 Å². The van der Waals surface area contributed by atoms with Gasteiger partial charge in [-0.05, 0) is 19.1 Å². The molecule has 1 aliphatic rings. The molecule has 106 valence electrons. The van der Waals surface area contributed by atoms with Crippen molar-refractivity contribution in [2.75, 3.05) is 26.2 Å². The van der Waals surface area contributed by atoms with E-state index in [0.29, 0.717) is 18.8 Å². The smallest absolute Gasteiger partial charge is 0.289 e. The summed E-state index contributed by atoms with van der Waals surface area (Å²) < 4.78 is 10.3. The highest BCUT2D eigenvalue weighted by atomic mass is 16.3. The topological polar surface area (TPSA) is 62.7 Å². The number of oxazole rings is 1. The molecule has 0 atom stereocenters. The number of amides is 1. The monoisotopic (exact) mass is 275 g/mol. The van der Waals surface area contributed by atoms with Crippen molar-refractivity contribution in [3.8, 4) is 0 Å². The van der Waals surface area contributed by atoms with Gasteiger partial charge in [0.05, 0.1) is 12.0 Å². The zero-order chi connectivity index (χ0) is 13.9. The minimum atomic E-state index is -0.0349. The van der Waals surface area contributed by atoms with Crippen molar-refractivity contribution in [2.45, 2.75) is 13.5 Å².